The number of halogens is 1. The van der Waals surface area contributed by atoms with Crippen LogP contribution in [0.4, 0.5) is 4.39 Å². The summed E-state index contributed by atoms with van der Waals surface area (Å²) in [5.74, 6) is 0.737. The highest BCUT2D eigenvalue weighted by Gasteiger charge is 2.36. The number of β-amino-alcohol motifs (C(OH)–C–C–N with tert-alkyl or cyclic N) is 1. The van der Waals surface area contributed by atoms with E-state index in [0.29, 0.717) is 51.5 Å². The van der Waals surface area contributed by atoms with Gasteiger partial charge in [-0.25, -0.2) is 4.39 Å². The number of benzene rings is 2. The minimum atomic E-state index is -1.29. The smallest absolute Gasteiger partial charge is 0.250 e. The molecule has 2 aromatic carbocycles. The first-order valence-electron chi connectivity index (χ1n) is 13.2. The van der Waals surface area contributed by atoms with Crippen LogP contribution in [0, 0.1) is 12.7 Å². The van der Waals surface area contributed by atoms with Crippen molar-refractivity contribution in [3.63, 3.8) is 0 Å². The number of pyridine rings is 1. The van der Waals surface area contributed by atoms with Crippen molar-refractivity contribution in [2.75, 3.05) is 39.4 Å². The molecule has 0 radical (unpaired) electrons. The van der Waals surface area contributed by atoms with Crippen LogP contribution < -0.4 is 15.0 Å². The Hall–Kier alpha value is -3.69. The van der Waals surface area contributed by atoms with E-state index in [1.807, 2.05) is 43.5 Å². The number of nitrogens with zero attached hydrogens (tertiary/aromatic N) is 3. The van der Waals surface area contributed by atoms with Gasteiger partial charge < -0.3 is 24.0 Å². The van der Waals surface area contributed by atoms with E-state index in [4.69, 9.17) is 9.47 Å². The molecule has 39 heavy (non-hydrogen) atoms. The van der Waals surface area contributed by atoms with E-state index in [0.717, 1.165) is 16.9 Å². The average Bonchev–Trinajstić information content (AvgIpc) is 3.08. The second-order valence-corrected chi connectivity index (χ2v) is 10.2. The fraction of sp³-hybridized carbons (Fsp3) is 0.400. The Balaban J connectivity index is 1.31. The van der Waals surface area contributed by atoms with Crippen LogP contribution >= 0.6 is 0 Å². The van der Waals surface area contributed by atoms with Crippen molar-refractivity contribution in [3.05, 3.63) is 94.2 Å². The van der Waals surface area contributed by atoms with Crippen LogP contribution in [0.2, 0.25) is 0 Å². The summed E-state index contributed by atoms with van der Waals surface area (Å²) in [6, 6.07) is 16.8. The second-order valence-electron chi connectivity index (χ2n) is 10.2. The summed E-state index contributed by atoms with van der Waals surface area (Å²) in [5, 5.41) is 11.4. The molecule has 1 aliphatic heterocycles. The Bertz CT molecular complexity index is 1300. The van der Waals surface area contributed by atoms with Gasteiger partial charge in [0.15, 0.2) is 0 Å². The van der Waals surface area contributed by atoms with Gasteiger partial charge in [0.05, 0.1) is 13.2 Å². The first-order valence-corrected chi connectivity index (χ1v) is 13.2. The number of carbonyl (C=O) groups excluding carboxylic acids is 1. The van der Waals surface area contributed by atoms with E-state index >= 15 is 0 Å². The van der Waals surface area contributed by atoms with E-state index in [1.165, 1.54) is 31.2 Å². The largest absolute Gasteiger partial charge is 0.494 e. The predicted molar refractivity (Wildman–Crippen MR) is 146 cm³/mol. The molecule has 0 aliphatic carbocycles. The Morgan fingerprint density at radius 2 is 1.67 bits per heavy atom. The SMILES string of the molecule is CC(=O)N1CCN(Cc2ccc(OCCCn3cc(C)ccc3=O)cc2)C[C@](O)(COc2ccc(F)cc2)C1. The molecule has 1 N–H and O–H groups in total. The summed E-state index contributed by atoms with van der Waals surface area (Å²) >= 11 is 0. The molecular weight excluding hydrogens is 501 g/mol. The number of carbonyl (C=O) groups is 1. The summed E-state index contributed by atoms with van der Waals surface area (Å²) in [4.78, 5) is 27.8. The number of aromatic nitrogens is 1. The zero-order valence-electron chi connectivity index (χ0n) is 22.5. The first-order chi connectivity index (χ1) is 18.7. The number of rotatable bonds is 10. The van der Waals surface area contributed by atoms with E-state index < -0.39 is 5.60 Å². The zero-order chi connectivity index (χ0) is 27.8. The normalized spacial score (nSPS) is 18.0. The van der Waals surface area contributed by atoms with Gasteiger partial charge >= 0.3 is 0 Å². The van der Waals surface area contributed by atoms with Crippen molar-refractivity contribution in [2.24, 2.45) is 0 Å². The molecule has 1 atom stereocenters. The Kier molecular flexibility index (Phi) is 9.37. The molecule has 9 heteroatoms. The Morgan fingerprint density at radius 1 is 0.974 bits per heavy atom. The van der Waals surface area contributed by atoms with Crippen molar-refractivity contribution >= 4 is 5.91 Å². The number of hydrogen-bond donors (Lipinski definition) is 1. The van der Waals surface area contributed by atoms with Crippen LogP contribution in [0.5, 0.6) is 11.5 Å². The summed E-state index contributed by atoms with van der Waals surface area (Å²) in [7, 11) is 0. The second kappa shape index (κ2) is 12.9. The van der Waals surface area contributed by atoms with Crippen LogP contribution in [0.3, 0.4) is 0 Å². The molecule has 0 spiro atoms. The fourth-order valence-corrected chi connectivity index (χ4v) is 4.69. The highest BCUT2D eigenvalue weighted by Crippen LogP contribution is 2.21. The number of aliphatic hydroxyl groups is 1. The monoisotopic (exact) mass is 537 g/mol. The molecule has 8 nitrogen and oxygen atoms in total. The summed E-state index contributed by atoms with van der Waals surface area (Å²) in [5.41, 5.74) is 0.785. The fourth-order valence-electron chi connectivity index (χ4n) is 4.69. The maximum absolute atomic E-state index is 13.2. The molecule has 1 fully saturated rings. The topological polar surface area (TPSA) is 84.2 Å². The molecule has 0 saturated carbocycles. The van der Waals surface area contributed by atoms with Gasteiger partial charge in [0.2, 0.25) is 5.91 Å². The quantitative estimate of drug-likeness (QED) is 0.400. The van der Waals surface area contributed by atoms with Gasteiger partial charge in [-0.2, -0.15) is 0 Å². The van der Waals surface area contributed by atoms with Crippen molar-refractivity contribution in [2.45, 2.75) is 39.0 Å². The molecule has 3 aromatic rings. The number of aryl methyl sites for hydroxylation is 2. The third kappa shape index (κ3) is 8.40. The van der Waals surface area contributed by atoms with Crippen molar-refractivity contribution < 1.29 is 23.8 Å². The molecular formula is C30H36FN3O5. The van der Waals surface area contributed by atoms with Crippen molar-refractivity contribution in [1.29, 1.82) is 0 Å². The minimum absolute atomic E-state index is 0.0150. The number of amides is 1. The van der Waals surface area contributed by atoms with E-state index in [-0.39, 0.29) is 30.4 Å². The van der Waals surface area contributed by atoms with Crippen molar-refractivity contribution in [1.82, 2.24) is 14.4 Å². The summed E-state index contributed by atoms with van der Waals surface area (Å²) in [6.07, 6.45) is 2.57. The molecule has 0 unspecified atom stereocenters. The average molecular weight is 538 g/mol. The van der Waals surface area contributed by atoms with Gasteiger partial charge in [-0.05, 0) is 60.9 Å². The summed E-state index contributed by atoms with van der Waals surface area (Å²) < 4.78 is 26.6. The molecule has 1 aliphatic rings. The zero-order valence-corrected chi connectivity index (χ0v) is 22.5. The number of hydrogen-bond acceptors (Lipinski definition) is 6. The molecule has 208 valence electrons. The van der Waals surface area contributed by atoms with Gasteiger partial charge in [-0.3, -0.25) is 14.5 Å². The van der Waals surface area contributed by atoms with Gasteiger partial charge in [0, 0.05) is 51.9 Å². The highest BCUT2D eigenvalue weighted by atomic mass is 19.1. The maximum atomic E-state index is 13.2. The Morgan fingerprint density at radius 3 is 2.38 bits per heavy atom. The maximum Gasteiger partial charge on any atom is 0.250 e. The van der Waals surface area contributed by atoms with Gasteiger partial charge in [-0.15, -0.1) is 0 Å². The van der Waals surface area contributed by atoms with Crippen LogP contribution in [0.25, 0.3) is 0 Å². The van der Waals surface area contributed by atoms with E-state index in [1.54, 1.807) is 15.5 Å². The molecule has 1 saturated heterocycles. The van der Waals surface area contributed by atoms with Gasteiger partial charge in [0.25, 0.3) is 5.56 Å². The van der Waals surface area contributed by atoms with Crippen LogP contribution in [-0.4, -0.2) is 70.4 Å². The third-order valence-corrected chi connectivity index (χ3v) is 6.73. The van der Waals surface area contributed by atoms with E-state index in [9.17, 15) is 19.1 Å². The molecule has 1 amide bonds. The number of ether oxygens (including phenoxy) is 2. The lowest BCUT2D eigenvalue weighted by atomic mass is 10.0. The van der Waals surface area contributed by atoms with Crippen molar-refractivity contribution in [3.8, 4) is 11.5 Å². The molecule has 2 heterocycles. The van der Waals surface area contributed by atoms with E-state index in [2.05, 4.69) is 4.90 Å². The minimum Gasteiger partial charge on any atom is -0.494 e. The lowest BCUT2D eigenvalue weighted by molar-refractivity contribution is -0.132. The Labute approximate surface area is 228 Å². The van der Waals surface area contributed by atoms with Crippen LogP contribution in [0.15, 0.2) is 71.7 Å². The first kappa shape index (κ1) is 28.3. The predicted octanol–water partition coefficient (Wildman–Crippen LogP) is 3.24. The highest BCUT2D eigenvalue weighted by molar-refractivity contribution is 5.73. The third-order valence-electron chi connectivity index (χ3n) is 6.73. The van der Waals surface area contributed by atoms with Gasteiger partial charge in [0.1, 0.15) is 29.5 Å². The standard InChI is InChI=1S/C30H36FN3O5/c1-23-4-13-29(36)33(18-23)14-3-17-38-27-9-5-25(6-10-27)19-32-15-16-34(24(2)35)21-30(37,20-32)22-39-28-11-7-26(31)8-12-28/h4-13,18,37H,3,14-17,19-22H2,1-2H3/t30-/m1/s1. The van der Waals surface area contributed by atoms with Gasteiger partial charge in [-0.1, -0.05) is 18.2 Å². The van der Waals surface area contributed by atoms with Crippen LogP contribution in [0.1, 0.15) is 24.5 Å². The molecule has 1 aromatic heterocycles. The lowest BCUT2D eigenvalue weighted by Crippen LogP contribution is -2.51. The molecule has 4 rings (SSSR count). The van der Waals surface area contributed by atoms with Crippen LogP contribution in [-0.2, 0) is 17.9 Å². The lowest BCUT2D eigenvalue weighted by Gasteiger charge is -2.32. The summed E-state index contributed by atoms with van der Waals surface area (Å²) in [6.45, 7) is 6.68. The molecule has 0 bridgehead atoms.